The maximum atomic E-state index is 14.1. The average Bonchev–Trinajstić information content (AvgIpc) is 3.42. The summed E-state index contributed by atoms with van der Waals surface area (Å²) >= 11 is 0. The number of rotatable bonds is 6. The molecular weight excluding hydrogens is 343 g/mol. The highest BCUT2D eigenvalue weighted by atomic mass is 19.1. The summed E-state index contributed by atoms with van der Waals surface area (Å²) in [6.07, 6.45) is 2.29. The Hall–Kier alpha value is -2.69. The van der Waals surface area contributed by atoms with Crippen LogP contribution in [0.25, 0.3) is 0 Å². The molecule has 0 aromatic heterocycles. The zero-order chi connectivity index (χ0) is 18.8. The summed E-state index contributed by atoms with van der Waals surface area (Å²) in [6.45, 7) is 2.73. The lowest BCUT2D eigenvalue weighted by Crippen LogP contribution is -2.38. The number of carbonyl (C=O) groups is 1. The Morgan fingerprint density at radius 1 is 1.19 bits per heavy atom. The second-order valence-electron chi connectivity index (χ2n) is 7.37. The van der Waals surface area contributed by atoms with Crippen LogP contribution in [0.15, 0.2) is 53.7 Å². The molecule has 0 spiro atoms. The van der Waals surface area contributed by atoms with Crippen molar-refractivity contribution in [2.45, 2.75) is 38.8 Å². The summed E-state index contributed by atoms with van der Waals surface area (Å²) in [5, 5.41) is 4.25. The molecule has 5 heteroatoms. The number of carbonyl (C=O) groups excluding carboxylic acids is 1. The third-order valence-electron chi connectivity index (χ3n) is 5.17. The molecule has 27 heavy (non-hydrogen) atoms. The van der Waals surface area contributed by atoms with Gasteiger partial charge >= 0.3 is 0 Å². The van der Waals surface area contributed by atoms with Gasteiger partial charge in [0.05, 0.1) is 12.3 Å². The summed E-state index contributed by atoms with van der Waals surface area (Å²) in [5.74, 6) is -0.114. The Kier molecular flexibility index (Phi) is 4.92. The molecule has 1 aliphatic heterocycles. The van der Waals surface area contributed by atoms with Gasteiger partial charge in [0.25, 0.3) is 0 Å². The molecular formula is C22H23FN2O2. The quantitative estimate of drug-likeness (QED) is 0.773. The Morgan fingerprint density at radius 2 is 1.93 bits per heavy atom. The van der Waals surface area contributed by atoms with E-state index in [-0.39, 0.29) is 30.3 Å². The van der Waals surface area contributed by atoms with Crippen LogP contribution >= 0.6 is 0 Å². The van der Waals surface area contributed by atoms with E-state index in [0.29, 0.717) is 18.5 Å². The van der Waals surface area contributed by atoms with Gasteiger partial charge in [0.1, 0.15) is 5.82 Å². The van der Waals surface area contributed by atoms with Crippen LogP contribution in [0.4, 0.5) is 4.39 Å². The number of aryl methyl sites for hydroxylation is 1. The molecule has 1 amide bonds. The molecule has 4 nitrogen and oxygen atoms in total. The predicted molar refractivity (Wildman–Crippen MR) is 102 cm³/mol. The molecule has 2 aromatic carbocycles. The summed E-state index contributed by atoms with van der Waals surface area (Å²) in [4.78, 5) is 20.1. The number of hydrogen-bond acceptors (Lipinski definition) is 3. The van der Waals surface area contributed by atoms with E-state index in [0.717, 1.165) is 29.7 Å². The fourth-order valence-electron chi connectivity index (χ4n) is 3.48. The molecule has 0 radical (unpaired) electrons. The van der Waals surface area contributed by atoms with Crippen molar-refractivity contribution in [3.05, 3.63) is 71.0 Å². The van der Waals surface area contributed by atoms with Crippen LogP contribution in [0.3, 0.4) is 0 Å². The third kappa shape index (κ3) is 4.02. The molecule has 1 heterocycles. The molecule has 140 valence electrons. The molecule has 1 atom stereocenters. The number of oxime groups is 1. The first-order chi connectivity index (χ1) is 13.1. The zero-order valence-electron chi connectivity index (χ0n) is 15.4. The molecule has 0 unspecified atom stereocenters. The van der Waals surface area contributed by atoms with Gasteiger partial charge in [-0.1, -0.05) is 47.6 Å². The van der Waals surface area contributed by atoms with Crippen LogP contribution in [-0.4, -0.2) is 29.2 Å². The van der Waals surface area contributed by atoms with E-state index in [1.807, 2.05) is 31.2 Å². The monoisotopic (exact) mass is 366 g/mol. The fraction of sp³-hybridized carbons (Fsp3) is 0.364. The minimum Gasteiger partial charge on any atom is -0.390 e. The topological polar surface area (TPSA) is 41.9 Å². The number of halogens is 1. The van der Waals surface area contributed by atoms with Gasteiger partial charge in [0.15, 0.2) is 6.10 Å². The summed E-state index contributed by atoms with van der Waals surface area (Å²) in [6, 6.07) is 14.7. The van der Waals surface area contributed by atoms with Crippen LogP contribution in [0.2, 0.25) is 0 Å². The second kappa shape index (κ2) is 7.51. The molecule has 1 saturated carbocycles. The van der Waals surface area contributed by atoms with Gasteiger partial charge in [-0.05, 0) is 31.4 Å². The number of amides is 1. The first-order valence-corrected chi connectivity index (χ1v) is 9.42. The maximum absolute atomic E-state index is 14.1. The normalized spacial score (nSPS) is 18.7. The van der Waals surface area contributed by atoms with Crippen LogP contribution < -0.4 is 0 Å². The molecule has 1 aliphatic carbocycles. The van der Waals surface area contributed by atoms with Gasteiger partial charge in [-0.25, -0.2) is 4.39 Å². The van der Waals surface area contributed by atoms with Gasteiger partial charge in [0, 0.05) is 30.0 Å². The third-order valence-corrected chi connectivity index (χ3v) is 5.17. The molecule has 0 N–H and O–H groups in total. The molecule has 2 aromatic rings. The SMILES string of the molecule is Cc1ccccc1C1=NO[C@@H](CN(Cc2ccccc2F)C(=O)C2CC2)C1. The van der Waals surface area contributed by atoms with E-state index in [1.165, 1.54) is 6.07 Å². The first-order valence-electron chi connectivity index (χ1n) is 9.42. The maximum Gasteiger partial charge on any atom is 0.226 e. The van der Waals surface area contributed by atoms with Crippen molar-refractivity contribution in [3.63, 3.8) is 0 Å². The Labute approximate surface area is 158 Å². The fourth-order valence-corrected chi connectivity index (χ4v) is 3.48. The van der Waals surface area contributed by atoms with Crippen molar-refractivity contribution < 1.29 is 14.0 Å². The average molecular weight is 366 g/mol. The van der Waals surface area contributed by atoms with Gasteiger partial charge in [-0.2, -0.15) is 0 Å². The minimum atomic E-state index is -0.282. The standard InChI is InChI=1S/C22H23FN2O2/c1-15-6-2-4-8-19(15)21-12-18(27-24-21)14-25(22(26)16-10-11-16)13-17-7-3-5-9-20(17)23/h2-9,16,18H,10-14H2,1H3/t18-/m1/s1. The summed E-state index contributed by atoms with van der Waals surface area (Å²) in [7, 11) is 0. The second-order valence-corrected chi connectivity index (χ2v) is 7.37. The van der Waals surface area contributed by atoms with Crippen LogP contribution in [0.1, 0.15) is 36.0 Å². The van der Waals surface area contributed by atoms with E-state index in [9.17, 15) is 9.18 Å². The molecule has 0 bridgehead atoms. The van der Waals surface area contributed by atoms with Crippen molar-refractivity contribution in [2.75, 3.05) is 6.54 Å². The zero-order valence-corrected chi connectivity index (χ0v) is 15.4. The number of nitrogens with zero attached hydrogens (tertiary/aromatic N) is 2. The van der Waals surface area contributed by atoms with Crippen LogP contribution in [-0.2, 0) is 16.2 Å². The lowest BCUT2D eigenvalue weighted by Gasteiger charge is -2.25. The van der Waals surface area contributed by atoms with Crippen molar-refractivity contribution in [1.82, 2.24) is 4.90 Å². The van der Waals surface area contributed by atoms with Crippen molar-refractivity contribution in [1.29, 1.82) is 0 Å². The molecule has 0 saturated heterocycles. The largest absolute Gasteiger partial charge is 0.390 e. The predicted octanol–water partition coefficient (Wildman–Crippen LogP) is 4.07. The lowest BCUT2D eigenvalue weighted by atomic mass is 10.00. The van der Waals surface area contributed by atoms with E-state index in [4.69, 9.17) is 4.84 Å². The number of hydrogen-bond donors (Lipinski definition) is 0. The van der Waals surface area contributed by atoms with Gasteiger partial charge in [0.2, 0.25) is 5.91 Å². The van der Waals surface area contributed by atoms with Gasteiger partial charge in [-0.15, -0.1) is 0 Å². The van der Waals surface area contributed by atoms with E-state index in [2.05, 4.69) is 5.16 Å². The highest BCUT2D eigenvalue weighted by molar-refractivity contribution is 6.02. The smallest absolute Gasteiger partial charge is 0.226 e. The highest BCUT2D eigenvalue weighted by Crippen LogP contribution is 2.32. The minimum absolute atomic E-state index is 0.0786. The van der Waals surface area contributed by atoms with Crippen LogP contribution in [0, 0.1) is 18.7 Å². The van der Waals surface area contributed by atoms with E-state index in [1.54, 1.807) is 23.1 Å². The lowest BCUT2D eigenvalue weighted by molar-refractivity contribution is -0.135. The Balaban J connectivity index is 1.46. The Bertz CT molecular complexity index is 876. The van der Waals surface area contributed by atoms with Gasteiger partial charge < -0.3 is 9.74 Å². The van der Waals surface area contributed by atoms with Crippen LogP contribution in [0.5, 0.6) is 0 Å². The van der Waals surface area contributed by atoms with Gasteiger partial charge in [-0.3, -0.25) is 4.79 Å². The highest BCUT2D eigenvalue weighted by Gasteiger charge is 2.36. The first kappa shape index (κ1) is 17.7. The molecule has 2 aliphatic rings. The van der Waals surface area contributed by atoms with E-state index >= 15 is 0 Å². The Morgan fingerprint density at radius 3 is 2.67 bits per heavy atom. The van der Waals surface area contributed by atoms with Crippen molar-refractivity contribution in [2.24, 2.45) is 11.1 Å². The van der Waals surface area contributed by atoms with Crippen molar-refractivity contribution >= 4 is 11.6 Å². The summed E-state index contributed by atoms with van der Waals surface area (Å²) in [5.41, 5.74) is 3.67. The molecule has 4 rings (SSSR count). The van der Waals surface area contributed by atoms with Crippen molar-refractivity contribution in [3.8, 4) is 0 Å². The summed E-state index contributed by atoms with van der Waals surface area (Å²) < 4.78 is 14.1. The number of benzene rings is 2. The molecule has 1 fully saturated rings. The van der Waals surface area contributed by atoms with E-state index < -0.39 is 0 Å².